The fraction of sp³-hybridized carbons (Fsp3) is 0.333. The predicted molar refractivity (Wildman–Crippen MR) is 71.0 cm³/mol. The molecule has 1 aromatic rings. The second-order valence-corrected chi connectivity index (χ2v) is 6.31. The predicted octanol–water partition coefficient (Wildman–Crippen LogP) is 0.467. The number of carbonyl (C=O) groups excluding carboxylic acids is 4. The molecule has 6 heteroatoms. The van der Waals surface area contributed by atoms with Gasteiger partial charge in [-0.25, -0.2) is 0 Å². The van der Waals surface area contributed by atoms with E-state index in [9.17, 15) is 19.2 Å². The van der Waals surface area contributed by atoms with Gasteiger partial charge < -0.3 is 0 Å². The minimum Gasteiger partial charge on any atom is -0.294 e. The maximum absolute atomic E-state index is 11.3. The van der Waals surface area contributed by atoms with Gasteiger partial charge in [0.05, 0.1) is 18.8 Å². The summed E-state index contributed by atoms with van der Waals surface area (Å²) in [4.78, 5) is 45.2. The molecule has 0 N–H and O–H groups in total. The van der Waals surface area contributed by atoms with E-state index in [1.807, 2.05) is 0 Å². The van der Waals surface area contributed by atoms with Crippen LogP contribution in [0.25, 0.3) is 11.1 Å². The van der Waals surface area contributed by atoms with Gasteiger partial charge in [-0.1, -0.05) is 0 Å². The minimum absolute atomic E-state index is 0.139. The molecule has 0 radical (unpaired) electrons. The van der Waals surface area contributed by atoms with Crippen molar-refractivity contribution in [2.24, 2.45) is 0 Å². The Morgan fingerprint density at radius 1 is 0.611 bits per heavy atom. The van der Waals surface area contributed by atoms with E-state index >= 15 is 0 Å². The summed E-state index contributed by atoms with van der Waals surface area (Å²) in [5.74, 6) is -1.21. The van der Waals surface area contributed by atoms with Crippen LogP contribution in [0.1, 0.15) is 27.7 Å². The fourth-order valence-corrected chi connectivity index (χ4v) is 4.11. The molecule has 0 saturated carbocycles. The molecular weight excluding hydrogens is 272 g/mol. The molecule has 18 heavy (non-hydrogen) atoms. The van der Waals surface area contributed by atoms with Crippen molar-refractivity contribution in [3.8, 4) is 0 Å². The second-order valence-electron chi connectivity index (χ2n) is 3.75. The van der Waals surface area contributed by atoms with Crippen LogP contribution in [0.3, 0.4) is 0 Å². The number of ketones is 4. The van der Waals surface area contributed by atoms with Crippen molar-refractivity contribution in [2.45, 2.75) is 27.7 Å². The average Bonchev–Trinajstić information content (AvgIpc) is 2.11. The molecule has 1 rings (SSSR count). The SMILES string of the molecule is CC(=O)C(C(C)=O)=c1sc(=C(C(C)=O)C(C)=O)s1. The van der Waals surface area contributed by atoms with E-state index in [-0.39, 0.29) is 34.3 Å². The maximum atomic E-state index is 11.3. The summed E-state index contributed by atoms with van der Waals surface area (Å²) in [5.41, 5.74) is 0.278. The molecule has 0 amide bonds. The van der Waals surface area contributed by atoms with Crippen LogP contribution in [0.2, 0.25) is 0 Å². The van der Waals surface area contributed by atoms with Gasteiger partial charge in [0.1, 0.15) is 0 Å². The Morgan fingerprint density at radius 3 is 1.00 bits per heavy atom. The van der Waals surface area contributed by atoms with Gasteiger partial charge in [-0.15, -0.1) is 22.7 Å². The molecule has 0 unspecified atom stereocenters. The lowest BCUT2D eigenvalue weighted by molar-refractivity contribution is -0.118. The summed E-state index contributed by atoms with van der Waals surface area (Å²) in [7, 11) is 0. The van der Waals surface area contributed by atoms with Crippen LogP contribution in [0.5, 0.6) is 0 Å². The summed E-state index contributed by atoms with van der Waals surface area (Å²) < 4.78 is 1.12. The van der Waals surface area contributed by atoms with E-state index in [0.717, 1.165) is 22.7 Å². The monoisotopic (exact) mass is 284 g/mol. The van der Waals surface area contributed by atoms with Crippen molar-refractivity contribution < 1.29 is 19.2 Å². The van der Waals surface area contributed by atoms with Crippen LogP contribution in [-0.2, 0) is 19.2 Å². The first-order valence-corrected chi connectivity index (χ1v) is 6.77. The maximum Gasteiger partial charge on any atom is 0.165 e. The molecule has 0 aliphatic carbocycles. The summed E-state index contributed by atoms with van der Waals surface area (Å²) in [6.45, 7) is 5.29. The Kier molecular flexibility index (Phi) is 4.48. The molecule has 1 aromatic heterocycles. The highest BCUT2D eigenvalue weighted by atomic mass is 32.2. The number of rotatable bonds is 4. The Hall–Kier alpha value is -1.40. The number of carbonyl (C=O) groups is 4. The molecule has 0 bridgehead atoms. The molecule has 0 atom stereocenters. The highest BCUT2D eigenvalue weighted by Crippen LogP contribution is 2.06. The Balaban J connectivity index is 3.53. The van der Waals surface area contributed by atoms with E-state index in [0.29, 0.717) is 7.69 Å². The van der Waals surface area contributed by atoms with Crippen LogP contribution in [0.15, 0.2) is 0 Å². The molecule has 0 spiro atoms. The first kappa shape index (κ1) is 14.7. The van der Waals surface area contributed by atoms with Crippen molar-refractivity contribution in [3.05, 3.63) is 7.69 Å². The molecule has 0 aliphatic rings. The zero-order valence-corrected chi connectivity index (χ0v) is 12.1. The quantitative estimate of drug-likeness (QED) is 0.754. The van der Waals surface area contributed by atoms with Gasteiger partial charge in [0.2, 0.25) is 0 Å². The molecule has 4 nitrogen and oxygen atoms in total. The molecule has 1 heterocycles. The number of hydrogen-bond donors (Lipinski definition) is 0. The molecule has 0 aromatic carbocycles. The Labute approximate surface area is 112 Å². The van der Waals surface area contributed by atoms with Gasteiger partial charge in [-0.3, -0.25) is 19.2 Å². The van der Waals surface area contributed by atoms with E-state index in [2.05, 4.69) is 0 Å². The van der Waals surface area contributed by atoms with E-state index in [4.69, 9.17) is 0 Å². The smallest absolute Gasteiger partial charge is 0.165 e. The zero-order chi connectivity index (χ0) is 14.0. The third-order valence-electron chi connectivity index (χ3n) is 2.19. The van der Waals surface area contributed by atoms with Crippen molar-refractivity contribution in [2.75, 3.05) is 0 Å². The second kappa shape index (κ2) is 5.49. The lowest BCUT2D eigenvalue weighted by atomic mass is 10.1. The lowest BCUT2D eigenvalue weighted by Gasteiger charge is -2.02. The summed E-state index contributed by atoms with van der Waals surface area (Å²) in [5, 5.41) is 0. The summed E-state index contributed by atoms with van der Waals surface area (Å²) >= 11 is 2.28. The van der Waals surface area contributed by atoms with Gasteiger partial charge >= 0.3 is 0 Å². The molecular formula is C12H12O4S2. The van der Waals surface area contributed by atoms with Gasteiger partial charge in [0.25, 0.3) is 0 Å². The van der Waals surface area contributed by atoms with Crippen LogP contribution in [0, 0.1) is 0 Å². The van der Waals surface area contributed by atoms with Crippen LogP contribution in [0.4, 0.5) is 0 Å². The molecule has 96 valence electrons. The van der Waals surface area contributed by atoms with Crippen LogP contribution in [-0.4, -0.2) is 23.1 Å². The first-order chi connectivity index (χ1) is 8.25. The lowest BCUT2D eigenvalue weighted by Crippen LogP contribution is -2.25. The van der Waals surface area contributed by atoms with Gasteiger partial charge in [-0.05, 0) is 27.7 Å². The van der Waals surface area contributed by atoms with E-state index in [1.54, 1.807) is 0 Å². The number of Topliss-reactive ketones (excluding diaryl/α,β-unsaturated/α-hetero) is 4. The molecule has 0 aliphatic heterocycles. The largest absolute Gasteiger partial charge is 0.294 e. The average molecular weight is 284 g/mol. The Morgan fingerprint density at radius 2 is 0.833 bits per heavy atom. The highest BCUT2D eigenvalue weighted by Gasteiger charge is 2.17. The topological polar surface area (TPSA) is 68.3 Å². The zero-order valence-electron chi connectivity index (χ0n) is 10.4. The van der Waals surface area contributed by atoms with Crippen molar-refractivity contribution in [1.29, 1.82) is 0 Å². The van der Waals surface area contributed by atoms with Gasteiger partial charge in [0.15, 0.2) is 23.1 Å². The third-order valence-corrected chi connectivity index (χ3v) is 4.75. The first-order valence-electron chi connectivity index (χ1n) is 5.13. The normalized spacial score (nSPS) is 10.0. The standard InChI is InChI=1S/C12H12O4S2/c1-5(13)9(6(2)14)11-17-12(18-11)10(7(3)15)8(4)16/h1-4H3. The number of hydrogen-bond acceptors (Lipinski definition) is 6. The summed E-state index contributed by atoms with van der Waals surface area (Å²) in [6, 6.07) is 0. The van der Waals surface area contributed by atoms with Gasteiger partial charge in [-0.2, -0.15) is 0 Å². The third kappa shape index (κ3) is 2.88. The van der Waals surface area contributed by atoms with Gasteiger partial charge in [0, 0.05) is 0 Å². The van der Waals surface area contributed by atoms with Crippen molar-refractivity contribution >= 4 is 57.0 Å². The summed E-state index contributed by atoms with van der Waals surface area (Å²) in [6.07, 6.45) is 0. The molecule has 0 fully saturated rings. The highest BCUT2D eigenvalue weighted by molar-refractivity contribution is 7.36. The van der Waals surface area contributed by atoms with E-state index < -0.39 is 0 Å². The van der Waals surface area contributed by atoms with E-state index in [1.165, 1.54) is 27.7 Å². The van der Waals surface area contributed by atoms with Crippen LogP contribution >= 0.6 is 22.7 Å². The molecule has 0 saturated heterocycles. The van der Waals surface area contributed by atoms with Crippen molar-refractivity contribution in [3.63, 3.8) is 0 Å². The van der Waals surface area contributed by atoms with Crippen molar-refractivity contribution in [1.82, 2.24) is 0 Å². The van der Waals surface area contributed by atoms with Crippen LogP contribution < -0.4 is 7.69 Å². The minimum atomic E-state index is -0.302. The fourth-order valence-electron chi connectivity index (χ4n) is 1.45. The Bertz CT molecular complexity index is 553.